The molecule has 39 heavy (non-hydrogen) atoms. The van der Waals surface area contributed by atoms with Crippen molar-refractivity contribution in [1.82, 2.24) is 19.5 Å². The summed E-state index contributed by atoms with van der Waals surface area (Å²) in [6, 6.07) is 17.0. The molecule has 9 heteroatoms. The molecule has 0 spiro atoms. The Morgan fingerprint density at radius 1 is 1.08 bits per heavy atom. The van der Waals surface area contributed by atoms with E-state index in [9.17, 15) is 9.90 Å². The molecule has 4 N–H and O–H groups in total. The number of hydrogen-bond donors (Lipinski definition) is 3. The first kappa shape index (κ1) is 26.9. The van der Waals surface area contributed by atoms with E-state index in [0.29, 0.717) is 28.7 Å². The molecule has 3 heterocycles. The number of aromatic nitrogens is 4. The van der Waals surface area contributed by atoms with Gasteiger partial charge in [-0.1, -0.05) is 30.8 Å². The summed E-state index contributed by atoms with van der Waals surface area (Å²) in [6.45, 7) is 6.92. The fourth-order valence-corrected chi connectivity index (χ4v) is 4.08. The van der Waals surface area contributed by atoms with Crippen LogP contribution in [0, 0.1) is 6.92 Å². The van der Waals surface area contributed by atoms with Crippen LogP contribution < -0.4 is 15.8 Å². The van der Waals surface area contributed by atoms with E-state index in [1.807, 2.05) is 62.0 Å². The van der Waals surface area contributed by atoms with Crippen LogP contribution in [0.25, 0.3) is 33.4 Å². The van der Waals surface area contributed by atoms with Crippen LogP contribution >= 0.6 is 0 Å². The number of rotatable bonds is 6. The SMILES string of the molecule is C=C(C)C=O.CNc1ccc(-c2c(-c3ccc(Oc4ccc(C)cn4)c(O)c3)c3c(N)ncnc3n2C)cc1. The summed E-state index contributed by atoms with van der Waals surface area (Å²) in [4.78, 5) is 22.3. The highest BCUT2D eigenvalue weighted by Gasteiger charge is 2.22. The Morgan fingerprint density at radius 3 is 2.36 bits per heavy atom. The molecule has 0 amide bonds. The standard InChI is InChI=1S/C26H24N6O2.C4H6O/c1-15-4-11-21(29-13-15)34-20-10-7-17(12-19(20)33)22-23-25(27)30-14-31-26(23)32(3)24(22)16-5-8-18(28-2)9-6-16;1-4(2)3-5/h4-14,28,33H,1-3H3,(H2,27,30,31);3H,1H2,2H3. The molecule has 2 aromatic carbocycles. The molecule has 0 saturated carbocycles. The molecule has 0 aliphatic rings. The minimum atomic E-state index is -0.0104. The lowest BCUT2D eigenvalue weighted by Crippen LogP contribution is -1.96. The zero-order valence-electron chi connectivity index (χ0n) is 22.3. The number of phenols is 1. The molecule has 0 bridgehead atoms. The van der Waals surface area contributed by atoms with Gasteiger partial charge in [0.1, 0.15) is 24.1 Å². The van der Waals surface area contributed by atoms with Gasteiger partial charge >= 0.3 is 0 Å². The minimum Gasteiger partial charge on any atom is -0.504 e. The van der Waals surface area contributed by atoms with Crippen molar-refractivity contribution in [3.05, 3.63) is 84.8 Å². The molecule has 0 radical (unpaired) electrons. The number of nitrogen functional groups attached to an aromatic ring is 1. The van der Waals surface area contributed by atoms with E-state index < -0.39 is 0 Å². The molecule has 198 valence electrons. The number of aromatic hydroxyl groups is 1. The van der Waals surface area contributed by atoms with E-state index in [1.165, 1.54) is 6.33 Å². The van der Waals surface area contributed by atoms with E-state index in [2.05, 4.69) is 26.8 Å². The number of aryl methyl sites for hydroxylation is 2. The molecule has 0 aliphatic heterocycles. The van der Waals surface area contributed by atoms with Crippen molar-refractivity contribution >= 4 is 28.8 Å². The lowest BCUT2D eigenvalue weighted by molar-refractivity contribution is -0.104. The van der Waals surface area contributed by atoms with E-state index >= 15 is 0 Å². The molecule has 0 aliphatic carbocycles. The lowest BCUT2D eigenvalue weighted by atomic mass is 9.98. The maximum Gasteiger partial charge on any atom is 0.219 e. The fraction of sp³-hybridized carbons (Fsp3) is 0.133. The lowest BCUT2D eigenvalue weighted by Gasteiger charge is -2.12. The van der Waals surface area contributed by atoms with Gasteiger partial charge in [-0.15, -0.1) is 0 Å². The highest BCUT2D eigenvalue weighted by molar-refractivity contribution is 6.08. The van der Waals surface area contributed by atoms with Crippen LogP contribution in [0.4, 0.5) is 11.5 Å². The van der Waals surface area contributed by atoms with Gasteiger partial charge in [-0.2, -0.15) is 0 Å². The van der Waals surface area contributed by atoms with E-state index in [1.54, 1.807) is 31.3 Å². The van der Waals surface area contributed by atoms with Gasteiger partial charge in [-0.05, 0) is 60.4 Å². The van der Waals surface area contributed by atoms with Gasteiger partial charge in [0.15, 0.2) is 11.5 Å². The predicted octanol–water partition coefficient (Wildman–Crippen LogP) is 5.89. The van der Waals surface area contributed by atoms with E-state index in [0.717, 1.165) is 45.3 Å². The summed E-state index contributed by atoms with van der Waals surface area (Å²) in [6.07, 6.45) is 3.89. The maximum absolute atomic E-state index is 10.8. The molecular weight excluding hydrogens is 492 g/mol. The topological polar surface area (TPSA) is 128 Å². The molecular formula is C30H30N6O3. The Labute approximate surface area is 226 Å². The zero-order chi connectivity index (χ0) is 28.1. The zero-order valence-corrected chi connectivity index (χ0v) is 22.3. The number of benzene rings is 2. The Kier molecular flexibility index (Phi) is 7.90. The van der Waals surface area contributed by atoms with Gasteiger partial charge < -0.3 is 25.5 Å². The largest absolute Gasteiger partial charge is 0.504 e. The van der Waals surface area contributed by atoms with Crippen molar-refractivity contribution in [2.75, 3.05) is 18.1 Å². The van der Waals surface area contributed by atoms with Crippen molar-refractivity contribution < 1.29 is 14.6 Å². The number of allylic oxidation sites excluding steroid dienone is 1. The molecule has 0 saturated heterocycles. The quantitative estimate of drug-likeness (QED) is 0.186. The third-order valence-electron chi connectivity index (χ3n) is 5.99. The van der Waals surface area contributed by atoms with Crippen LogP contribution in [-0.2, 0) is 11.8 Å². The molecule has 0 atom stereocenters. The Morgan fingerprint density at radius 2 is 1.77 bits per heavy atom. The highest BCUT2D eigenvalue weighted by atomic mass is 16.5. The van der Waals surface area contributed by atoms with Gasteiger partial charge in [-0.25, -0.2) is 15.0 Å². The number of nitrogens with zero attached hydrogens (tertiary/aromatic N) is 4. The van der Waals surface area contributed by atoms with Crippen LogP contribution in [0.1, 0.15) is 12.5 Å². The average Bonchev–Trinajstić information content (AvgIpc) is 3.24. The number of ether oxygens (including phenoxy) is 1. The number of pyridine rings is 1. The summed E-state index contributed by atoms with van der Waals surface area (Å²) < 4.78 is 7.78. The summed E-state index contributed by atoms with van der Waals surface area (Å²) in [5.41, 5.74) is 13.1. The number of aldehydes is 1. The van der Waals surface area contributed by atoms with Gasteiger partial charge in [0.25, 0.3) is 0 Å². The number of carbonyl (C=O) groups is 1. The molecule has 5 rings (SSSR count). The summed E-state index contributed by atoms with van der Waals surface area (Å²) >= 11 is 0. The number of carbonyl (C=O) groups excluding carboxylic acids is 1. The number of nitrogens with two attached hydrogens (primary N) is 1. The van der Waals surface area contributed by atoms with Crippen LogP contribution in [0.15, 0.2) is 79.3 Å². The second kappa shape index (κ2) is 11.5. The Bertz CT molecular complexity index is 1640. The van der Waals surface area contributed by atoms with Gasteiger partial charge in [0, 0.05) is 37.6 Å². The van der Waals surface area contributed by atoms with Crippen LogP contribution in [0.3, 0.4) is 0 Å². The van der Waals surface area contributed by atoms with Crippen molar-refractivity contribution in [3.63, 3.8) is 0 Å². The minimum absolute atomic E-state index is 0.0104. The highest BCUT2D eigenvalue weighted by Crippen LogP contribution is 2.44. The van der Waals surface area contributed by atoms with E-state index in [-0.39, 0.29) is 5.75 Å². The number of nitrogens with one attached hydrogen (secondary N) is 1. The fourth-order valence-electron chi connectivity index (χ4n) is 4.08. The average molecular weight is 523 g/mol. The summed E-state index contributed by atoms with van der Waals surface area (Å²) in [5, 5.41) is 14.7. The normalized spacial score (nSPS) is 10.5. The van der Waals surface area contributed by atoms with E-state index in [4.69, 9.17) is 10.5 Å². The molecule has 0 unspecified atom stereocenters. The number of fused-ring (bicyclic) bond motifs is 1. The number of anilines is 2. The Hall–Kier alpha value is -5.18. The molecule has 0 fully saturated rings. The second-order valence-electron chi connectivity index (χ2n) is 8.99. The molecule has 3 aromatic heterocycles. The van der Waals surface area contributed by atoms with Gasteiger partial charge in [-0.3, -0.25) is 4.79 Å². The van der Waals surface area contributed by atoms with Crippen LogP contribution in [0.5, 0.6) is 17.4 Å². The third kappa shape index (κ3) is 5.72. The Balaban J connectivity index is 0.000000648. The first-order valence-electron chi connectivity index (χ1n) is 12.1. The van der Waals surface area contributed by atoms with Crippen LogP contribution in [0.2, 0.25) is 0 Å². The first-order valence-corrected chi connectivity index (χ1v) is 12.1. The van der Waals surface area contributed by atoms with Crippen molar-refractivity contribution in [2.45, 2.75) is 13.8 Å². The predicted molar refractivity (Wildman–Crippen MR) is 155 cm³/mol. The first-order chi connectivity index (χ1) is 18.7. The number of phenolic OH excluding ortho intramolecular Hbond substituents is 1. The number of hydrogen-bond acceptors (Lipinski definition) is 8. The van der Waals surface area contributed by atoms with Crippen molar-refractivity contribution in [2.24, 2.45) is 7.05 Å². The molecule has 9 nitrogen and oxygen atoms in total. The van der Waals surface area contributed by atoms with Crippen LogP contribution in [-0.4, -0.2) is 38.0 Å². The second-order valence-corrected chi connectivity index (χ2v) is 8.99. The van der Waals surface area contributed by atoms with Crippen molar-refractivity contribution in [1.29, 1.82) is 0 Å². The van der Waals surface area contributed by atoms with Gasteiger partial charge in [0.2, 0.25) is 5.88 Å². The monoisotopic (exact) mass is 522 g/mol. The van der Waals surface area contributed by atoms with Crippen molar-refractivity contribution in [3.8, 4) is 39.8 Å². The summed E-state index contributed by atoms with van der Waals surface area (Å²) in [7, 11) is 3.83. The third-order valence-corrected chi connectivity index (χ3v) is 5.99. The maximum atomic E-state index is 10.8. The molecule has 5 aromatic rings. The summed E-state index contributed by atoms with van der Waals surface area (Å²) in [5.74, 6) is 1.08. The van der Waals surface area contributed by atoms with Gasteiger partial charge in [0.05, 0.1) is 11.1 Å². The smallest absolute Gasteiger partial charge is 0.219 e.